The van der Waals surface area contributed by atoms with Crippen LogP contribution in [0, 0.1) is 11.3 Å². The summed E-state index contributed by atoms with van der Waals surface area (Å²) in [5.41, 5.74) is -1.16. The van der Waals surface area contributed by atoms with Crippen LogP contribution in [-0.4, -0.2) is 35.9 Å². The van der Waals surface area contributed by atoms with Gasteiger partial charge in [0.15, 0.2) is 0 Å². The first-order valence-electron chi connectivity index (χ1n) is 6.36. The zero-order chi connectivity index (χ0) is 13.3. The summed E-state index contributed by atoms with van der Waals surface area (Å²) < 4.78 is 5.57. The lowest BCUT2D eigenvalue weighted by molar-refractivity contribution is -0.238. The highest BCUT2D eigenvalue weighted by Gasteiger charge is 2.59. The standard InChI is InChI=1S/C13H25NO3/c1-6-17-10-7-13(16,12(10,4)5)8-14-11(15)9(2)3/h9-10,16H,6-8H2,1-5H3,(H,14,15)/t10-,13-/m0/s1. The maximum atomic E-state index is 11.5. The molecule has 0 spiro atoms. The summed E-state index contributed by atoms with van der Waals surface area (Å²) >= 11 is 0. The first kappa shape index (κ1) is 14.5. The van der Waals surface area contributed by atoms with Gasteiger partial charge in [-0.05, 0) is 6.92 Å². The van der Waals surface area contributed by atoms with E-state index in [0.717, 1.165) is 0 Å². The van der Waals surface area contributed by atoms with Gasteiger partial charge in [0.2, 0.25) is 5.91 Å². The van der Waals surface area contributed by atoms with Gasteiger partial charge in [0.1, 0.15) is 0 Å². The fourth-order valence-electron chi connectivity index (χ4n) is 2.20. The Morgan fingerprint density at radius 3 is 2.53 bits per heavy atom. The monoisotopic (exact) mass is 243 g/mol. The van der Waals surface area contributed by atoms with Crippen molar-refractivity contribution in [1.29, 1.82) is 0 Å². The number of amides is 1. The van der Waals surface area contributed by atoms with E-state index in [2.05, 4.69) is 5.32 Å². The number of hydrogen-bond acceptors (Lipinski definition) is 3. The number of nitrogens with one attached hydrogen (secondary N) is 1. The minimum Gasteiger partial charge on any atom is -0.387 e. The number of carbonyl (C=O) groups is 1. The molecule has 0 heterocycles. The summed E-state index contributed by atoms with van der Waals surface area (Å²) in [6.45, 7) is 10.6. The van der Waals surface area contributed by atoms with Crippen LogP contribution in [-0.2, 0) is 9.53 Å². The molecule has 0 aliphatic heterocycles. The molecule has 0 radical (unpaired) electrons. The minimum atomic E-state index is -0.850. The second-order valence-corrected chi connectivity index (χ2v) is 5.77. The van der Waals surface area contributed by atoms with Gasteiger partial charge in [0, 0.05) is 30.9 Å². The molecule has 0 aromatic heterocycles. The molecule has 1 aliphatic carbocycles. The maximum Gasteiger partial charge on any atom is 0.222 e. The highest BCUT2D eigenvalue weighted by atomic mass is 16.5. The molecule has 1 saturated carbocycles. The average Bonchev–Trinajstić information content (AvgIpc) is 2.25. The molecule has 17 heavy (non-hydrogen) atoms. The Kier molecular flexibility index (Phi) is 4.20. The molecule has 0 aromatic rings. The SMILES string of the molecule is CCO[C@H]1C[C@](O)(CNC(=O)C(C)C)C1(C)C. The van der Waals surface area contributed by atoms with Crippen LogP contribution >= 0.6 is 0 Å². The maximum absolute atomic E-state index is 11.5. The van der Waals surface area contributed by atoms with E-state index in [1.54, 1.807) is 0 Å². The van der Waals surface area contributed by atoms with E-state index in [9.17, 15) is 9.90 Å². The van der Waals surface area contributed by atoms with Crippen molar-refractivity contribution in [3.05, 3.63) is 0 Å². The van der Waals surface area contributed by atoms with Crippen LogP contribution in [0.2, 0.25) is 0 Å². The minimum absolute atomic E-state index is 0.0194. The Hall–Kier alpha value is -0.610. The van der Waals surface area contributed by atoms with Crippen LogP contribution in [0.4, 0.5) is 0 Å². The Morgan fingerprint density at radius 2 is 2.12 bits per heavy atom. The molecule has 100 valence electrons. The lowest BCUT2D eigenvalue weighted by atomic mass is 9.56. The fourth-order valence-corrected chi connectivity index (χ4v) is 2.20. The molecule has 1 rings (SSSR count). The molecular weight excluding hydrogens is 218 g/mol. The Labute approximate surface area is 104 Å². The molecular formula is C13H25NO3. The van der Waals surface area contributed by atoms with Gasteiger partial charge < -0.3 is 15.2 Å². The zero-order valence-corrected chi connectivity index (χ0v) is 11.5. The summed E-state index contributed by atoms with van der Waals surface area (Å²) in [5, 5.41) is 13.3. The molecule has 2 N–H and O–H groups in total. The van der Waals surface area contributed by atoms with E-state index in [0.29, 0.717) is 19.6 Å². The average molecular weight is 243 g/mol. The first-order chi connectivity index (χ1) is 7.74. The van der Waals surface area contributed by atoms with Crippen LogP contribution in [0.25, 0.3) is 0 Å². The summed E-state index contributed by atoms with van der Waals surface area (Å²) in [4.78, 5) is 11.5. The van der Waals surface area contributed by atoms with Gasteiger partial charge in [-0.1, -0.05) is 27.7 Å². The smallest absolute Gasteiger partial charge is 0.222 e. The molecule has 0 saturated heterocycles. The Bertz CT molecular complexity index is 288. The second-order valence-electron chi connectivity index (χ2n) is 5.77. The highest BCUT2D eigenvalue weighted by molar-refractivity contribution is 5.77. The number of hydrogen-bond donors (Lipinski definition) is 2. The molecule has 0 unspecified atom stereocenters. The van der Waals surface area contributed by atoms with Gasteiger partial charge in [0.25, 0.3) is 0 Å². The molecule has 4 nitrogen and oxygen atoms in total. The molecule has 1 amide bonds. The van der Waals surface area contributed by atoms with Crippen molar-refractivity contribution < 1.29 is 14.6 Å². The van der Waals surface area contributed by atoms with Gasteiger partial charge in [-0.2, -0.15) is 0 Å². The zero-order valence-electron chi connectivity index (χ0n) is 11.5. The Morgan fingerprint density at radius 1 is 1.53 bits per heavy atom. The number of carbonyl (C=O) groups excluding carboxylic acids is 1. The number of ether oxygens (including phenoxy) is 1. The van der Waals surface area contributed by atoms with Crippen LogP contribution in [0.3, 0.4) is 0 Å². The van der Waals surface area contributed by atoms with E-state index in [1.165, 1.54) is 0 Å². The van der Waals surface area contributed by atoms with Crippen molar-refractivity contribution in [1.82, 2.24) is 5.32 Å². The second kappa shape index (κ2) is 4.94. The predicted octanol–water partition coefficient (Wildman–Crippen LogP) is 1.32. The number of rotatable bonds is 5. The summed E-state index contributed by atoms with van der Waals surface area (Å²) in [7, 11) is 0. The lowest BCUT2D eigenvalue weighted by Crippen LogP contribution is -2.68. The van der Waals surface area contributed by atoms with E-state index in [4.69, 9.17) is 4.74 Å². The van der Waals surface area contributed by atoms with Gasteiger partial charge >= 0.3 is 0 Å². The molecule has 2 atom stereocenters. The van der Waals surface area contributed by atoms with Crippen molar-refractivity contribution >= 4 is 5.91 Å². The molecule has 1 aliphatic rings. The topological polar surface area (TPSA) is 58.6 Å². The summed E-state index contributed by atoms with van der Waals surface area (Å²) in [5.74, 6) is -0.0708. The van der Waals surface area contributed by atoms with Crippen molar-refractivity contribution in [2.75, 3.05) is 13.2 Å². The van der Waals surface area contributed by atoms with Crippen molar-refractivity contribution in [3.8, 4) is 0 Å². The number of aliphatic hydroxyl groups is 1. The lowest BCUT2D eigenvalue weighted by Gasteiger charge is -2.58. The molecule has 4 heteroatoms. The third kappa shape index (κ3) is 2.63. The molecule has 1 fully saturated rings. The van der Waals surface area contributed by atoms with Crippen LogP contribution in [0.1, 0.15) is 41.0 Å². The van der Waals surface area contributed by atoms with Gasteiger partial charge in [-0.3, -0.25) is 4.79 Å². The van der Waals surface area contributed by atoms with Crippen LogP contribution in [0.15, 0.2) is 0 Å². The molecule has 0 bridgehead atoms. The van der Waals surface area contributed by atoms with Gasteiger partial charge in [0.05, 0.1) is 11.7 Å². The third-order valence-electron chi connectivity index (χ3n) is 3.97. The fraction of sp³-hybridized carbons (Fsp3) is 0.923. The third-order valence-corrected chi connectivity index (χ3v) is 3.97. The van der Waals surface area contributed by atoms with Gasteiger partial charge in [-0.25, -0.2) is 0 Å². The normalized spacial score (nSPS) is 31.1. The highest BCUT2D eigenvalue weighted by Crippen LogP contribution is 2.50. The van der Waals surface area contributed by atoms with Crippen molar-refractivity contribution in [2.45, 2.75) is 52.7 Å². The summed E-state index contributed by atoms with van der Waals surface area (Å²) in [6.07, 6.45) is 0.667. The molecule has 0 aromatic carbocycles. The van der Waals surface area contributed by atoms with E-state index < -0.39 is 5.60 Å². The Balaban J connectivity index is 2.52. The largest absolute Gasteiger partial charge is 0.387 e. The quantitative estimate of drug-likeness (QED) is 0.765. The van der Waals surface area contributed by atoms with E-state index in [1.807, 2.05) is 34.6 Å². The first-order valence-corrected chi connectivity index (χ1v) is 6.36. The predicted molar refractivity (Wildman–Crippen MR) is 66.6 cm³/mol. The van der Waals surface area contributed by atoms with E-state index >= 15 is 0 Å². The van der Waals surface area contributed by atoms with E-state index in [-0.39, 0.29) is 23.3 Å². The van der Waals surface area contributed by atoms with Crippen molar-refractivity contribution in [3.63, 3.8) is 0 Å². The van der Waals surface area contributed by atoms with Crippen molar-refractivity contribution in [2.24, 2.45) is 11.3 Å². The summed E-state index contributed by atoms with van der Waals surface area (Å²) in [6, 6.07) is 0. The van der Waals surface area contributed by atoms with Crippen LogP contribution < -0.4 is 5.32 Å². The van der Waals surface area contributed by atoms with Gasteiger partial charge in [-0.15, -0.1) is 0 Å². The van der Waals surface area contributed by atoms with Crippen LogP contribution in [0.5, 0.6) is 0 Å².